The van der Waals surface area contributed by atoms with Crippen LogP contribution in [-0.4, -0.2) is 0 Å². The third kappa shape index (κ3) is 1.98. The molecule has 4 N–H and O–H groups in total. The highest BCUT2D eigenvalue weighted by molar-refractivity contribution is 9.10. The molecule has 2 rings (SSSR count). The van der Waals surface area contributed by atoms with Gasteiger partial charge in [0.15, 0.2) is 0 Å². The molecular weight excluding hydrogens is 252 g/mol. The lowest BCUT2D eigenvalue weighted by atomic mass is 9.84. The molecule has 0 spiro atoms. The standard InChI is InChI=1S/C12H13BrN2/c13-11-4-2-1-3-10(11)12(15)7-5-9(14)6-8-12/h1-7H,8,14-15H2. The van der Waals surface area contributed by atoms with Crippen molar-refractivity contribution in [3.63, 3.8) is 0 Å². The third-order valence-electron chi connectivity index (χ3n) is 2.62. The SMILES string of the molecule is NC1=CCC(N)(c2ccccc2Br)C=C1. The van der Waals surface area contributed by atoms with Crippen LogP contribution in [0.15, 0.2) is 52.7 Å². The Morgan fingerprint density at radius 1 is 1.27 bits per heavy atom. The highest BCUT2D eigenvalue weighted by Gasteiger charge is 2.26. The lowest BCUT2D eigenvalue weighted by Crippen LogP contribution is -2.36. The van der Waals surface area contributed by atoms with Gasteiger partial charge in [0.05, 0.1) is 5.54 Å². The summed E-state index contributed by atoms with van der Waals surface area (Å²) in [6.07, 6.45) is 6.52. The molecule has 2 nitrogen and oxygen atoms in total. The van der Waals surface area contributed by atoms with Crippen LogP contribution in [0.5, 0.6) is 0 Å². The molecule has 0 bridgehead atoms. The normalized spacial score (nSPS) is 25.1. The predicted octanol–water partition coefficient (Wildman–Crippen LogP) is 2.41. The van der Waals surface area contributed by atoms with Crippen molar-refractivity contribution in [3.05, 3.63) is 58.2 Å². The van der Waals surface area contributed by atoms with E-state index >= 15 is 0 Å². The minimum Gasteiger partial charge on any atom is -0.399 e. The van der Waals surface area contributed by atoms with Gasteiger partial charge in [0.2, 0.25) is 0 Å². The van der Waals surface area contributed by atoms with Crippen LogP contribution in [-0.2, 0) is 5.54 Å². The second-order valence-corrected chi connectivity index (χ2v) is 4.62. The molecule has 1 aromatic carbocycles. The Labute approximate surface area is 97.8 Å². The van der Waals surface area contributed by atoms with Crippen LogP contribution in [0.1, 0.15) is 12.0 Å². The molecule has 1 aromatic rings. The highest BCUT2D eigenvalue weighted by Crippen LogP contribution is 2.32. The van der Waals surface area contributed by atoms with Gasteiger partial charge >= 0.3 is 0 Å². The summed E-state index contributed by atoms with van der Waals surface area (Å²) >= 11 is 3.52. The van der Waals surface area contributed by atoms with E-state index in [9.17, 15) is 0 Å². The molecular formula is C12H13BrN2. The molecule has 0 amide bonds. The summed E-state index contributed by atoms with van der Waals surface area (Å²) in [4.78, 5) is 0. The van der Waals surface area contributed by atoms with Crippen LogP contribution in [0.4, 0.5) is 0 Å². The van der Waals surface area contributed by atoms with Gasteiger partial charge < -0.3 is 11.5 Å². The van der Waals surface area contributed by atoms with Crippen LogP contribution in [0.2, 0.25) is 0 Å². The monoisotopic (exact) mass is 264 g/mol. The molecule has 0 saturated carbocycles. The molecule has 0 aromatic heterocycles. The molecule has 0 aliphatic heterocycles. The highest BCUT2D eigenvalue weighted by atomic mass is 79.9. The minimum absolute atomic E-state index is 0.442. The van der Waals surface area contributed by atoms with Crippen molar-refractivity contribution < 1.29 is 0 Å². The van der Waals surface area contributed by atoms with Crippen molar-refractivity contribution in [2.24, 2.45) is 11.5 Å². The number of benzene rings is 1. The molecule has 0 radical (unpaired) electrons. The number of hydrogen-bond donors (Lipinski definition) is 2. The average molecular weight is 265 g/mol. The molecule has 1 aliphatic rings. The number of nitrogens with two attached hydrogens (primary N) is 2. The summed E-state index contributed by atoms with van der Waals surface area (Å²) in [5.41, 5.74) is 13.4. The van der Waals surface area contributed by atoms with Crippen LogP contribution in [0, 0.1) is 0 Å². The fourth-order valence-corrected chi connectivity index (χ4v) is 2.36. The lowest BCUT2D eigenvalue weighted by molar-refractivity contribution is 0.559. The molecule has 1 unspecified atom stereocenters. The first kappa shape index (κ1) is 10.5. The topological polar surface area (TPSA) is 52.0 Å². The van der Waals surface area contributed by atoms with Crippen molar-refractivity contribution in [3.8, 4) is 0 Å². The molecule has 1 aliphatic carbocycles. The molecule has 78 valence electrons. The first-order chi connectivity index (χ1) is 7.12. The van der Waals surface area contributed by atoms with E-state index in [1.807, 2.05) is 42.5 Å². The summed E-state index contributed by atoms with van der Waals surface area (Å²) in [7, 11) is 0. The van der Waals surface area contributed by atoms with Gasteiger partial charge in [-0.2, -0.15) is 0 Å². The maximum Gasteiger partial charge on any atom is 0.0646 e. The summed E-state index contributed by atoms with van der Waals surface area (Å²) in [5, 5.41) is 0. The molecule has 0 fully saturated rings. The van der Waals surface area contributed by atoms with E-state index in [0.29, 0.717) is 0 Å². The lowest BCUT2D eigenvalue weighted by Gasteiger charge is -2.28. The largest absolute Gasteiger partial charge is 0.399 e. The number of hydrogen-bond acceptors (Lipinski definition) is 2. The zero-order valence-corrected chi connectivity index (χ0v) is 9.87. The zero-order valence-electron chi connectivity index (χ0n) is 8.28. The molecule has 1 atom stereocenters. The van der Waals surface area contributed by atoms with E-state index < -0.39 is 5.54 Å². The van der Waals surface area contributed by atoms with Gasteiger partial charge in [-0.3, -0.25) is 0 Å². The van der Waals surface area contributed by atoms with Gasteiger partial charge in [-0.1, -0.05) is 46.3 Å². The Bertz CT molecular complexity index is 437. The molecule has 0 saturated heterocycles. The Morgan fingerprint density at radius 2 is 2.00 bits per heavy atom. The van der Waals surface area contributed by atoms with E-state index in [1.165, 1.54) is 0 Å². The number of halogens is 1. The third-order valence-corrected chi connectivity index (χ3v) is 3.32. The first-order valence-corrected chi connectivity index (χ1v) is 5.60. The summed E-state index contributed by atoms with van der Waals surface area (Å²) in [6.45, 7) is 0. The van der Waals surface area contributed by atoms with Crippen molar-refractivity contribution in [1.29, 1.82) is 0 Å². The van der Waals surface area contributed by atoms with E-state index in [-0.39, 0.29) is 0 Å². The Morgan fingerprint density at radius 3 is 2.60 bits per heavy atom. The smallest absolute Gasteiger partial charge is 0.0646 e. The Hall–Kier alpha value is -1.06. The van der Waals surface area contributed by atoms with Gasteiger partial charge in [0, 0.05) is 10.2 Å². The molecule has 3 heteroatoms. The second kappa shape index (κ2) is 3.83. The van der Waals surface area contributed by atoms with Gasteiger partial charge in [0.1, 0.15) is 0 Å². The van der Waals surface area contributed by atoms with Gasteiger partial charge in [-0.25, -0.2) is 0 Å². The average Bonchev–Trinajstić information content (AvgIpc) is 2.23. The fourth-order valence-electron chi connectivity index (χ4n) is 1.71. The summed E-state index contributed by atoms with van der Waals surface area (Å²) < 4.78 is 1.03. The maximum absolute atomic E-state index is 6.33. The van der Waals surface area contributed by atoms with Crippen molar-refractivity contribution in [2.75, 3.05) is 0 Å². The maximum atomic E-state index is 6.33. The summed E-state index contributed by atoms with van der Waals surface area (Å²) in [6, 6.07) is 8.00. The minimum atomic E-state index is -0.442. The van der Waals surface area contributed by atoms with Gasteiger partial charge in [-0.05, 0) is 24.1 Å². The van der Waals surface area contributed by atoms with E-state index in [0.717, 1.165) is 22.2 Å². The quantitative estimate of drug-likeness (QED) is 0.819. The van der Waals surface area contributed by atoms with Crippen molar-refractivity contribution >= 4 is 15.9 Å². The summed E-state index contributed by atoms with van der Waals surface area (Å²) in [5.74, 6) is 0. The zero-order chi connectivity index (χ0) is 10.9. The molecule has 15 heavy (non-hydrogen) atoms. The first-order valence-electron chi connectivity index (χ1n) is 4.80. The fraction of sp³-hybridized carbons (Fsp3) is 0.167. The van der Waals surface area contributed by atoms with Gasteiger partial charge in [0.25, 0.3) is 0 Å². The van der Waals surface area contributed by atoms with Crippen LogP contribution in [0.25, 0.3) is 0 Å². The van der Waals surface area contributed by atoms with E-state index in [4.69, 9.17) is 11.5 Å². The Balaban J connectivity index is 2.40. The number of allylic oxidation sites excluding steroid dienone is 1. The van der Waals surface area contributed by atoms with E-state index in [1.54, 1.807) is 0 Å². The van der Waals surface area contributed by atoms with Crippen LogP contribution < -0.4 is 11.5 Å². The van der Waals surface area contributed by atoms with E-state index in [2.05, 4.69) is 15.9 Å². The molecule has 0 heterocycles. The second-order valence-electron chi connectivity index (χ2n) is 3.76. The van der Waals surface area contributed by atoms with Crippen LogP contribution in [0.3, 0.4) is 0 Å². The Kier molecular flexibility index (Phi) is 2.67. The van der Waals surface area contributed by atoms with Crippen LogP contribution >= 0.6 is 15.9 Å². The van der Waals surface area contributed by atoms with Crippen molar-refractivity contribution in [1.82, 2.24) is 0 Å². The van der Waals surface area contributed by atoms with Gasteiger partial charge in [-0.15, -0.1) is 0 Å². The number of rotatable bonds is 1. The predicted molar refractivity (Wildman–Crippen MR) is 66.0 cm³/mol. The van der Waals surface area contributed by atoms with Crippen molar-refractivity contribution in [2.45, 2.75) is 12.0 Å².